The summed E-state index contributed by atoms with van der Waals surface area (Å²) in [6.07, 6.45) is 2.27. The highest BCUT2D eigenvalue weighted by Gasteiger charge is 2.26. The fourth-order valence-corrected chi connectivity index (χ4v) is 4.31. The third-order valence-electron chi connectivity index (χ3n) is 5.14. The number of likely N-dealkylation sites (tertiary alicyclic amines) is 1. The summed E-state index contributed by atoms with van der Waals surface area (Å²) in [4.78, 5) is 28.5. The van der Waals surface area contributed by atoms with Crippen molar-refractivity contribution in [1.82, 2.24) is 9.80 Å². The van der Waals surface area contributed by atoms with E-state index in [1.54, 1.807) is 11.8 Å². The smallest absolute Gasteiger partial charge is 0.317 e. The van der Waals surface area contributed by atoms with Crippen molar-refractivity contribution in [2.45, 2.75) is 51.0 Å². The van der Waals surface area contributed by atoms with Gasteiger partial charge in [-0.1, -0.05) is 13.0 Å². The molecule has 26 heavy (non-hydrogen) atoms. The molecule has 5 nitrogen and oxygen atoms in total. The Morgan fingerprint density at radius 2 is 1.92 bits per heavy atom. The lowest BCUT2D eigenvalue weighted by Crippen LogP contribution is -2.48. The fourth-order valence-electron chi connectivity index (χ4n) is 3.37. The van der Waals surface area contributed by atoms with E-state index in [1.165, 1.54) is 16.0 Å². The molecule has 0 radical (unpaired) electrons. The third kappa shape index (κ3) is 6.02. The molecule has 1 amide bonds. The molecule has 1 aliphatic heterocycles. The number of amides is 1. The van der Waals surface area contributed by atoms with Crippen molar-refractivity contribution in [3.8, 4) is 0 Å². The number of hydrogen-bond donors (Lipinski definition) is 1. The minimum atomic E-state index is -0.784. The predicted molar refractivity (Wildman–Crippen MR) is 106 cm³/mol. The van der Waals surface area contributed by atoms with E-state index in [0.717, 1.165) is 38.2 Å². The summed E-state index contributed by atoms with van der Waals surface area (Å²) in [6, 6.07) is 6.69. The van der Waals surface area contributed by atoms with Crippen molar-refractivity contribution < 1.29 is 14.7 Å². The van der Waals surface area contributed by atoms with Gasteiger partial charge in [-0.3, -0.25) is 14.5 Å². The number of aliphatic carboxylic acids is 1. The van der Waals surface area contributed by atoms with Crippen LogP contribution >= 0.6 is 11.8 Å². The van der Waals surface area contributed by atoms with E-state index in [4.69, 9.17) is 5.11 Å². The lowest BCUT2D eigenvalue weighted by Gasteiger charge is -2.37. The normalized spacial score (nSPS) is 15.5. The molecular formula is C20H30N2O3S. The first-order chi connectivity index (χ1) is 12.4. The quantitative estimate of drug-likeness (QED) is 0.704. The van der Waals surface area contributed by atoms with Gasteiger partial charge in [0.1, 0.15) is 0 Å². The molecule has 0 bridgehead atoms. The first-order valence-electron chi connectivity index (χ1n) is 9.34. The Labute approximate surface area is 160 Å². The van der Waals surface area contributed by atoms with Crippen LogP contribution in [0.2, 0.25) is 0 Å². The standard InChI is InChI=1S/C20H30N2O3S/c1-4-21(14-20(24)25)17-7-10-22(11-8-17)19(23)9-12-26-18-6-5-15(2)16(3)13-18/h5-6,13,17H,4,7-12,14H2,1-3H3,(H,24,25). The van der Waals surface area contributed by atoms with Crippen LogP contribution in [0.25, 0.3) is 0 Å². The van der Waals surface area contributed by atoms with Crippen LogP contribution in [0.1, 0.15) is 37.3 Å². The second-order valence-electron chi connectivity index (χ2n) is 6.91. The zero-order chi connectivity index (χ0) is 19.1. The summed E-state index contributed by atoms with van der Waals surface area (Å²) < 4.78 is 0. The van der Waals surface area contributed by atoms with Crippen LogP contribution < -0.4 is 0 Å². The second-order valence-corrected chi connectivity index (χ2v) is 8.08. The molecule has 0 unspecified atom stereocenters. The molecule has 0 saturated carbocycles. The van der Waals surface area contributed by atoms with Gasteiger partial charge in [0.05, 0.1) is 6.54 Å². The number of carboxylic acids is 1. The zero-order valence-electron chi connectivity index (χ0n) is 16.0. The Kier molecular flexibility index (Phi) is 7.97. The van der Waals surface area contributed by atoms with Crippen LogP contribution in [0, 0.1) is 13.8 Å². The Morgan fingerprint density at radius 1 is 1.23 bits per heavy atom. The van der Waals surface area contributed by atoms with Gasteiger partial charge in [0.2, 0.25) is 5.91 Å². The summed E-state index contributed by atoms with van der Waals surface area (Å²) in [5.41, 5.74) is 2.57. The molecular weight excluding hydrogens is 348 g/mol. The van der Waals surface area contributed by atoms with Gasteiger partial charge in [-0.15, -0.1) is 11.8 Å². The maximum absolute atomic E-state index is 12.4. The van der Waals surface area contributed by atoms with Crippen LogP contribution in [0.5, 0.6) is 0 Å². The van der Waals surface area contributed by atoms with Crippen molar-refractivity contribution in [1.29, 1.82) is 0 Å². The van der Waals surface area contributed by atoms with Crippen molar-refractivity contribution in [3.63, 3.8) is 0 Å². The molecule has 1 aromatic rings. The molecule has 144 valence electrons. The second kappa shape index (κ2) is 9.97. The topological polar surface area (TPSA) is 60.9 Å². The van der Waals surface area contributed by atoms with E-state index in [-0.39, 0.29) is 18.5 Å². The van der Waals surface area contributed by atoms with E-state index < -0.39 is 5.97 Å². The first-order valence-corrected chi connectivity index (χ1v) is 10.3. The number of likely N-dealkylation sites (N-methyl/N-ethyl adjacent to an activating group) is 1. The molecule has 1 heterocycles. The molecule has 6 heteroatoms. The molecule has 1 saturated heterocycles. The van der Waals surface area contributed by atoms with Crippen molar-refractivity contribution in [2.75, 3.05) is 31.9 Å². The zero-order valence-corrected chi connectivity index (χ0v) is 16.8. The predicted octanol–water partition coefficient (Wildman–Crippen LogP) is 3.18. The number of nitrogens with zero attached hydrogens (tertiary/aromatic N) is 2. The molecule has 0 spiro atoms. The molecule has 2 rings (SSSR count). The summed E-state index contributed by atoms with van der Waals surface area (Å²) >= 11 is 1.73. The molecule has 1 N–H and O–H groups in total. The monoisotopic (exact) mass is 378 g/mol. The first kappa shape index (κ1) is 20.8. The average Bonchev–Trinajstić information content (AvgIpc) is 2.62. The highest BCUT2D eigenvalue weighted by Crippen LogP contribution is 2.23. The van der Waals surface area contributed by atoms with Gasteiger partial charge >= 0.3 is 5.97 Å². The van der Waals surface area contributed by atoms with Crippen molar-refractivity contribution in [2.24, 2.45) is 0 Å². The van der Waals surface area contributed by atoms with Crippen molar-refractivity contribution in [3.05, 3.63) is 29.3 Å². The number of thioether (sulfide) groups is 1. The minimum absolute atomic E-state index is 0.0850. The number of benzene rings is 1. The van der Waals surface area contributed by atoms with Gasteiger partial charge in [0.25, 0.3) is 0 Å². The van der Waals surface area contributed by atoms with E-state index >= 15 is 0 Å². The van der Waals surface area contributed by atoms with Crippen LogP contribution in [0.3, 0.4) is 0 Å². The van der Waals surface area contributed by atoms with Crippen LogP contribution in [0.4, 0.5) is 0 Å². The summed E-state index contributed by atoms with van der Waals surface area (Å²) in [5.74, 6) is 0.219. The number of carboxylic acid groups (broad SMARTS) is 1. The largest absolute Gasteiger partial charge is 0.480 e. The van der Waals surface area contributed by atoms with E-state index in [0.29, 0.717) is 6.42 Å². The molecule has 1 fully saturated rings. The highest BCUT2D eigenvalue weighted by molar-refractivity contribution is 7.99. The lowest BCUT2D eigenvalue weighted by atomic mass is 10.0. The summed E-state index contributed by atoms with van der Waals surface area (Å²) in [6.45, 7) is 8.48. The Hall–Kier alpha value is -1.53. The van der Waals surface area contributed by atoms with Crippen LogP contribution in [0.15, 0.2) is 23.1 Å². The van der Waals surface area contributed by atoms with Gasteiger partial charge in [0.15, 0.2) is 0 Å². The maximum Gasteiger partial charge on any atom is 0.317 e. The minimum Gasteiger partial charge on any atom is -0.480 e. The SMILES string of the molecule is CCN(CC(=O)O)C1CCN(C(=O)CCSc2ccc(C)c(C)c2)CC1. The van der Waals surface area contributed by atoms with Crippen molar-refractivity contribution >= 4 is 23.6 Å². The van der Waals surface area contributed by atoms with Gasteiger partial charge < -0.3 is 10.0 Å². The Morgan fingerprint density at radius 3 is 2.50 bits per heavy atom. The fraction of sp³-hybridized carbons (Fsp3) is 0.600. The molecule has 1 aromatic carbocycles. The number of carbonyl (C=O) groups is 2. The Bertz CT molecular complexity index is 627. The molecule has 0 aliphatic carbocycles. The van der Waals surface area contributed by atoms with Crippen LogP contribution in [-0.4, -0.2) is 64.8 Å². The number of piperidine rings is 1. The van der Waals surface area contributed by atoms with Gasteiger partial charge in [-0.2, -0.15) is 0 Å². The Balaban J connectivity index is 1.74. The number of carbonyl (C=O) groups excluding carboxylic acids is 1. The summed E-state index contributed by atoms with van der Waals surface area (Å²) in [7, 11) is 0. The maximum atomic E-state index is 12.4. The van der Waals surface area contributed by atoms with E-state index in [9.17, 15) is 9.59 Å². The van der Waals surface area contributed by atoms with Gasteiger partial charge in [-0.25, -0.2) is 0 Å². The number of hydrogen-bond acceptors (Lipinski definition) is 4. The summed E-state index contributed by atoms with van der Waals surface area (Å²) in [5, 5.41) is 9.00. The number of aryl methyl sites for hydroxylation is 2. The average molecular weight is 379 g/mol. The van der Waals surface area contributed by atoms with E-state index in [2.05, 4.69) is 32.0 Å². The van der Waals surface area contributed by atoms with Gasteiger partial charge in [0, 0.05) is 36.2 Å². The van der Waals surface area contributed by atoms with Crippen LogP contribution in [-0.2, 0) is 9.59 Å². The van der Waals surface area contributed by atoms with Gasteiger partial charge in [-0.05, 0) is 56.5 Å². The molecule has 0 aromatic heterocycles. The molecule has 0 atom stereocenters. The van der Waals surface area contributed by atoms with E-state index in [1.807, 2.05) is 16.7 Å². The number of rotatable bonds is 8. The lowest BCUT2D eigenvalue weighted by molar-refractivity contribution is -0.140. The third-order valence-corrected chi connectivity index (χ3v) is 6.14. The molecule has 1 aliphatic rings. The highest BCUT2D eigenvalue weighted by atomic mass is 32.2.